The zero-order valence-electron chi connectivity index (χ0n) is 4.39. The van der Waals surface area contributed by atoms with Gasteiger partial charge in [-0.25, -0.2) is 4.36 Å². The molecule has 0 fully saturated rings. The van der Waals surface area contributed by atoms with Crippen molar-refractivity contribution in [2.24, 2.45) is 4.36 Å². The van der Waals surface area contributed by atoms with Crippen LogP contribution >= 0.6 is 0 Å². The SMILES string of the molecule is CS1(=O)=NCCC1. The highest BCUT2D eigenvalue weighted by Gasteiger charge is 2.05. The molecule has 7 heavy (non-hydrogen) atoms. The molecule has 0 aromatic heterocycles. The maximum atomic E-state index is 10.8. The van der Waals surface area contributed by atoms with E-state index >= 15 is 0 Å². The Labute approximate surface area is 44.1 Å². The van der Waals surface area contributed by atoms with E-state index in [9.17, 15) is 4.21 Å². The summed E-state index contributed by atoms with van der Waals surface area (Å²) >= 11 is 0. The van der Waals surface area contributed by atoms with Crippen molar-refractivity contribution < 1.29 is 4.21 Å². The van der Waals surface area contributed by atoms with Crippen molar-refractivity contribution in [3.63, 3.8) is 0 Å². The first-order valence-electron chi connectivity index (χ1n) is 2.36. The molecule has 0 saturated heterocycles. The molecule has 1 heterocycles. The van der Waals surface area contributed by atoms with Gasteiger partial charge in [0.05, 0.1) is 0 Å². The first kappa shape index (κ1) is 5.09. The van der Waals surface area contributed by atoms with Gasteiger partial charge in [0.1, 0.15) is 0 Å². The summed E-state index contributed by atoms with van der Waals surface area (Å²) < 4.78 is 14.7. The second-order valence-electron chi connectivity index (χ2n) is 1.87. The molecule has 0 radical (unpaired) electrons. The summed E-state index contributed by atoms with van der Waals surface area (Å²) in [6, 6.07) is 0. The Balaban J connectivity index is 2.90. The van der Waals surface area contributed by atoms with Gasteiger partial charge in [-0.05, 0) is 6.42 Å². The molecule has 0 bridgehead atoms. The number of rotatable bonds is 0. The lowest BCUT2D eigenvalue weighted by atomic mass is 10.5. The van der Waals surface area contributed by atoms with Gasteiger partial charge in [0.25, 0.3) is 0 Å². The van der Waals surface area contributed by atoms with E-state index in [1.807, 2.05) is 0 Å². The molecular weight excluding hydrogens is 110 g/mol. The fourth-order valence-electron chi connectivity index (χ4n) is 0.655. The largest absolute Gasteiger partial charge is 0.250 e. The Morgan fingerprint density at radius 3 is 2.57 bits per heavy atom. The average Bonchev–Trinajstić information content (AvgIpc) is 1.84. The molecule has 0 aromatic rings. The molecule has 1 unspecified atom stereocenters. The highest BCUT2D eigenvalue weighted by Crippen LogP contribution is 2.02. The Kier molecular flexibility index (Phi) is 1.07. The molecule has 0 saturated carbocycles. The lowest BCUT2D eigenvalue weighted by molar-refractivity contribution is 0.683. The maximum absolute atomic E-state index is 10.8. The molecule has 2 nitrogen and oxygen atoms in total. The van der Waals surface area contributed by atoms with E-state index < -0.39 is 9.73 Å². The Morgan fingerprint density at radius 2 is 2.43 bits per heavy atom. The van der Waals surface area contributed by atoms with Gasteiger partial charge in [0.2, 0.25) is 0 Å². The molecule has 1 atom stereocenters. The first-order chi connectivity index (χ1) is 3.21. The molecule has 1 rings (SSSR count). The van der Waals surface area contributed by atoms with Crippen LogP contribution in [0.5, 0.6) is 0 Å². The number of nitrogens with zero attached hydrogens (tertiary/aromatic N) is 1. The topological polar surface area (TPSA) is 29.4 Å². The molecule has 0 spiro atoms. The summed E-state index contributed by atoms with van der Waals surface area (Å²) in [5.74, 6) is 0.812. The quantitative estimate of drug-likeness (QED) is 0.456. The third-order valence-corrected chi connectivity index (χ3v) is 2.82. The molecule has 0 aliphatic carbocycles. The van der Waals surface area contributed by atoms with E-state index in [1.165, 1.54) is 0 Å². The monoisotopic (exact) mass is 119 g/mol. The molecular formula is C4H9NOS. The molecule has 0 N–H and O–H groups in total. The van der Waals surface area contributed by atoms with Crippen LogP contribution < -0.4 is 0 Å². The van der Waals surface area contributed by atoms with Crippen LogP contribution in [0.3, 0.4) is 0 Å². The fraction of sp³-hybridized carbons (Fsp3) is 1.00. The van der Waals surface area contributed by atoms with Crippen molar-refractivity contribution in [2.75, 3.05) is 18.6 Å². The van der Waals surface area contributed by atoms with Gasteiger partial charge in [-0.15, -0.1) is 0 Å². The van der Waals surface area contributed by atoms with E-state index in [4.69, 9.17) is 0 Å². The van der Waals surface area contributed by atoms with Gasteiger partial charge < -0.3 is 0 Å². The van der Waals surface area contributed by atoms with Crippen molar-refractivity contribution in [1.29, 1.82) is 0 Å². The molecule has 0 aromatic carbocycles. The lowest BCUT2D eigenvalue weighted by Crippen LogP contribution is -1.93. The Morgan fingerprint density at radius 1 is 1.71 bits per heavy atom. The normalized spacial score (nSPS) is 40.7. The van der Waals surface area contributed by atoms with Crippen LogP contribution in [0.25, 0.3) is 0 Å². The minimum absolute atomic E-state index is 0.812. The van der Waals surface area contributed by atoms with Crippen LogP contribution in [0.4, 0.5) is 0 Å². The Bertz CT molecular complexity index is 167. The molecule has 3 heteroatoms. The zero-order chi connectivity index (χ0) is 5.33. The van der Waals surface area contributed by atoms with Crippen LogP contribution in [-0.2, 0) is 9.73 Å². The van der Waals surface area contributed by atoms with Gasteiger partial charge in [0, 0.05) is 28.3 Å². The summed E-state index contributed by atoms with van der Waals surface area (Å²) in [6.45, 7) is 0.815. The van der Waals surface area contributed by atoms with Crippen molar-refractivity contribution in [2.45, 2.75) is 6.42 Å². The summed E-state index contributed by atoms with van der Waals surface area (Å²) in [5, 5.41) is 0. The van der Waals surface area contributed by atoms with E-state index in [2.05, 4.69) is 4.36 Å². The van der Waals surface area contributed by atoms with Crippen LogP contribution in [0.2, 0.25) is 0 Å². The first-order valence-corrected chi connectivity index (χ1v) is 4.45. The molecule has 1 aliphatic rings. The number of hydrogen-bond donors (Lipinski definition) is 0. The molecule has 1 aliphatic heterocycles. The van der Waals surface area contributed by atoms with Gasteiger partial charge >= 0.3 is 0 Å². The summed E-state index contributed by atoms with van der Waals surface area (Å²) in [5.41, 5.74) is 0. The van der Waals surface area contributed by atoms with E-state index in [0.717, 1.165) is 18.7 Å². The summed E-state index contributed by atoms with van der Waals surface area (Å²) in [6.07, 6.45) is 2.75. The lowest BCUT2D eigenvalue weighted by Gasteiger charge is -1.85. The second kappa shape index (κ2) is 1.47. The highest BCUT2D eigenvalue weighted by atomic mass is 32.2. The van der Waals surface area contributed by atoms with Crippen molar-refractivity contribution >= 4 is 9.73 Å². The standard InChI is InChI=1S/C4H9NOS/c1-7(6)4-2-3-5-7/h2-4H2,1H3. The predicted molar refractivity (Wildman–Crippen MR) is 30.8 cm³/mol. The highest BCUT2D eigenvalue weighted by molar-refractivity contribution is 7.93. The van der Waals surface area contributed by atoms with Crippen LogP contribution in [0.15, 0.2) is 4.36 Å². The third-order valence-electron chi connectivity index (χ3n) is 1.05. The van der Waals surface area contributed by atoms with Gasteiger partial charge in [0.15, 0.2) is 0 Å². The number of hydrogen-bond acceptors (Lipinski definition) is 2. The van der Waals surface area contributed by atoms with Crippen LogP contribution in [0, 0.1) is 0 Å². The second-order valence-corrected chi connectivity index (χ2v) is 4.46. The minimum Gasteiger partial charge on any atom is -0.250 e. The maximum Gasteiger partial charge on any atom is 0.0493 e. The predicted octanol–water partition coefficient (Wildman–Crippen LogP) is 0.488. The fourth-order valence-corrected chi connectivity index (χ4v) is 1.96. The van der Waals surface area contributed by atoms with E-state index in [1.54, 1.807) is 6.26 Å². The van der Waals surface area contributed by atoms with E-state index in [-0.39, 0.29) is 0 Å². The zero-order valence-corrected chi connectivity index (χ0v) is 5.20. The van der Waals surface area contributed by atoms with Gasteiger partial charge in [-0.1, -0.05) is 0 Å². The smallest absolute Gasteiger partial charge is 0.0493 e. The summed E-state index contributed by atoms with van der Waals surface area (Å²) in [4.78, 5) is 0. The van der Waals surface area contributed by atoms with Crippen LogP contribution in [0.1, 0.15) is 6.42 Å². The van der Waals surface area contributed by atoms with Crippen molar-refractivity contribution in [1.82, 2.24) is 0 Å². The van der Waals surface area contributed by atoms with Crippen molar-refractivity contribution in [3.8, 4) is 0 Å². The summed E-state index contributed by atoms with van der Waals surface area (Å²) in [7, 11) is -1.67. The average molecular weight is 119 g/mol. The van der Waals surface area contributed by atoms with E-state index in [0.29, 0.717) is 0 Å². The van der Waals surface area contributed by atoms with Gasteiger partial charge in [-0.2, -0.15) is 0 Å². The van der Waals surface area contributed by atoms with Crippen molar-refractivity contribution in [3.05, 3.63) is 0 Å². The molecule has 0 amide bonds. The third kappa shape index (κ3) is 1.16. The Hall–Kier alpha value is -0.0500. The van der Waals surface area contributed by atoms with Crippen LogP contribution in [-0.4, -0.2) is 22.8 Å². The van der Waals surface area contributed by atoms with Gasteiger partial charge in [-0.3, -0.25) is 4.21 Å². The molecule has 42 valence electrons. The minimum atomic E-state index is -1.67.